The van der Waals surface area contributed by atoms with Crippen LogP contribution in [-0.4, -0.2) is 17.8 Å². The van der Waals surface area contributed by atoms with Gasteiger partial charge in [-0.15, -0.1) is 0 Å². The van der Waals surface area contributed by atoms with Gasteiger partial charge in [0.15, 0.2) is 0 Å². The third kappa shape index (κ3) is 3.31. The van der Waals surface area contributed by atoms with Gasteiger partial charge >= 0.3 is 0 Å². The summed E-state index contributed by atoms with van der Waals surface area (Å²) in [5.74, 6) is 1.56. The maximum absolute atomic E-state index is 9.59. The van der Waals surface area contributed by atoms with Crippen LogP contribution >= 0.6 is 11.8 Å². The van der Waals surface area contributed by atoms with Gasteiger partial charge in [0.05, 0.1) is 24.5 Å². The number of aromatic nitrogens is 1. The van der Waals surface area contributed by atoms with Crippen LogP contribution in [0.5, 0.6) is 5.75 Å². The van der Waals surface area contributed by atoms with Crippen molar-refractivity contribution < 1.29 is 4.74 Å². The Labute approximate surface area is 139 Å². The quantitative estimate of drug-likeness (QED) is 0.775. The van der Waals surface area contributed by atoms with E-state index in [1.807, 2.05) is 30.3 Å². The molecule has 2 aromatic rings. The maximum Gasteiger partial charge on any atom is 0.118 e. The zero-order valence-corrected chi connectivity index (χ0v) is 13.6. The maximum atomic E-state index is 9.59. The van der Waals surface area contributed by atoms with Gasteiger partial charge < -0.3 is 4.74 Å². The largest absolute Gasteiger partial charge is 0.497 e. The lowest BCUT2D eigenvalue weighted by Gasteiger charge is -2.11. The summed E-state index contributed by atoms with van der Waals surface area (Å²) in [7, 11) is 1.63. The van der Waals surface area contributed by atoms with E-state index in [1.165, 1.54) is 11.8 Å². The predicted molar refractivity (Wildman–Crippen MR) is 89.3 cm³/mol. The molecule has 4 nitrogen and oxygen atoms in total. The van der Waals surface area contributed by atoms with E-state index in [0.29, 0.717) is 16.5 Å². The van der Waals surface area contributed by atoms with Crippen LogP contribution in [0.4, 0.5) is 0 Å². The topological polar surface area (TPSA) is 69.7 Å². The molecule has 0 radical (unpaired) electrons. The Bertz CT molecular complexity index is 799. The molecule has 0 saturated heterocycles. The summed E-state index contributed by atoms with van der Waals surface area (Å²) in [6.07, 6.45) is 2.28. The fourth-order valence-electron chi connectivity index (χ4n) is 2.44. The highest BCUT2D eigenvalue weighted by Gasteiger charge is 2.27. The van der Waals surface area contributed by atoms with Crippen molar-refractivity contribution in [2.24, 2.45) is 0 Å². The number of nitrogens with zero attached hydrogens (tertiary/aromatic N) is 3. The minimum absolute atomic E-state index is 0.290. The van der Waals surface area contributed by atoms with Crippen LogP contribution in [0.3, 0.4) is 0 Å². The summed E-state index contributed by atoms with van der Waals surface area (Å²) >= 11 is 1.33. The van der Waals surface area contributed by atoms with E-state index >= 15 is 0 Å². The van der Waals surface area contributed by atoms with E-state index < -0.39 is 0 Å². The number of benzene rings is 1. The summed E-state index contributed by atoms with van der Waals surface area (Å²) in [6.45, 7) is 0. The van der Waals surface area contributed by atoms with E-state index in [9.17, 15) is 5.26 Å². The lowest BCUT2D eigenvalue weighted by molar-refractivity contribution is 0.415. The average molecular weight is 321 g/mol. The van der Waals surface area contributed by atoms with Crippen molar-refractivity contribution in [3.63, 3.8) is 0 Å². The van der Waals surface area contributed by atoms with Gasteiger partial charge in [0.25, 0.3) is 0 Å². The molecule has 1 heterocycles. The van der Waals surface area contributed by atoms with Crippen molar-refractivity contribution in [2.45, 2.75) is 23.8 Å². The Morgan fingerprint density at radius 3 is 2.57 bits per heavy atom. The van der Waals surface area contributed by atoms with Gasteiger partial charge in [-0.05, 0) is 36.6 Å². The molecule has 0 atom stereocenters. The Hall–Kier alpha value is -2.50. The number of rotatable bonds is 5. The first-order chi connectivity index (χ1) is 11.3. The summed E-state index contributed by atoms with van der Waals surface area (Å²) in [6, 6.07) is 14.1. The van der Waals surface area contributed by atoms with E-state index in [-0.39, 0.29) is 5.75 Å². The molecule has 1 aliphatic carbocycles. The number of thioether (sulfide) groups is 1. The van der Waals surface area contributed by atoms with Gasteiger partial charge in [-0.1, -0.05) is 23.9 Å². The minimum Gasteiger partial charge on any atom is -0.497 e. The molecule has 0 spiro atoms. The fourth-order valence-corrected chi connectivity index (χ4v) is 3.11. The number of pyridine rings is 1. The summed E-state index contributed by atoms with van der Waals surface area (Å²) < 4.78 is 5.19. The van der Waals surface area contributed by atoms with Crippen molar-refractivity contribution in [2.75, 3.05) is 12.9 Å². The monoisotopic (exact) mass is 321 g/mol. The molecule has 0 N–H and O–H groups in total. The number of ether oxygens (including phenoxy) is 1. The average Bonchev–Trinajstić information content (AvgIpc) is 3.44. The number of hydrogen-bond acceptors (Lipinski definition) is 5. The molecule has 1 aliphatic rings. The van der Waals surface area contributed by atoms with Gasteiger partial charge in [0, 0.05) is 17.2 Å². The molecule has 0 aliphatic heterocycles. The molecule has 3 rings (SSSR count). The van der Waals surface area contributed by atoms with Crippen molar-refractivity contribution in [3.8, 4) is 29.0 Å². The SMILES string of the molecule is COc1ccc(-c2cc(C3CC3)nc(SCC#N)c2C#N)cc1. The Morgan fingerprint density at radius 1 is 1.26 bits per heavy atom. The van der Waals surface area contributed by atoms with Crippen LogP contribution < -0.4 is 4.74 Å². The first kappa shape index (κ1) is 15.4. The number of nitriles is 2. The van der Waals surface area contributed by atoms with Crippen molar-refractivity contribution in [1.29, 1.82) is 10.5 Å². The van der Waals surface area contributed by atoms with Crippen LogP contribution in [0, 0.1) is 22.7 Å². The second-order valence-electron chi connectivity index (χ2n) is 5.34. The highest BCUT2D eigenvalue weighted by Crippen LogP contribution is 2.42. The normalized spacial score (nSPS) is 13.2. The molecule has 23 heavy (non-hydrogen) atoms. The molecule has 114 valence electrons. The number of methoxy groups -OCH3 is 1. The zero-order chi connectivity index (χ0) is 16.2. The van der Waals surface area contributed by atoms with Crippen LogP contribution in [-0.2, 0) is 0 Å². The third-order valence-electron chi connectivity index (χ3n) is 3.79. The summed E-state index contributed by atoms with van der Waals surface area (Å²) in [5.41, 5.74) is 3.41. The van der Waals surface area contributed by atoms with E-state index in [1.54, 1.807) is 7.11 Å². The Balaban J connectivity index is 2.10. The van der Waals surface area contributed by atoms with Crippen molar-refractivity contribution in [1.82, 2.24) is 4.98 Å². The van der Waals surface area contributed by atoms with Crippen LogP contribution in [0.2, 0.25) is 0 Å². The standard InChI is InChI=1S/C18H15N3OS/c1-22-14-6-4-12(5-7-14)15-10-17(13-2-3-13)21-18(16(15)11-20)23-9-8-19/h4-7,10,13H,2-3,9H2,1H3. The fraction of sp³-hybridized carbons (Fsp3) is 0.278. The Morgan fingerprint density at radius 2 is 2.00 bits per heavy atom. The molecule has 1 fully saturated rings. The lowest BCUT2D eigenvalue weighted by atomic mass is 10.00. The van der Waals surface area contributed by atoms with Crippen molar-refractivity contribution in [3.05, 3.63) is 41.6 Å². The molecule has 0 bridgehead atoms. The van der Waals surface area contributed by atoms with Gasteiger partial charge in [0.2, 0.25) is 0 Å². The molecule has 1 aromatic carbocycles. The van der Waals surface area contributed by atoms with E-state index in [2.05, 4.69) is 17.1 Å². The van der Waals surface area contributed by atoms with Gasteiger partial charge in [-0.3, -0.25) is 0 Å². The second kappa shape index (κ2) is 6.73. The molecule has 0 amide bonds. The summed E-state index contributed by atoms with van der Waals surface area (Å²) in [5, 5.41) is 19.1. The smallest absolute Gasteiger partial charge is 0.118 e. The zero-order valence-electron chi connectivity index (χ0n) is 12.7. The lowest BCUT2D eigenvalue weighted by Crippen LogP contribution is -1.97. The van der Waals surface area contributed by atoms with Gasteiger partial charge in [0.1, 0.15) is 16.8 Å². The second-order valence-corrected chi connectivity index (χ2v) is 6.30. The van der Waals surface area contributed by atoms with E-state index in [0.717, 1.165) is 35.4 Å². The molecule has 5 heteroatoms. The minimum atomic E-state index is 0.290. The molecular weight excluding hydrogens is 306 g/mol. The first-order valence-electron chi connectivity index (χ1n) is 7.36. The van der Waals surface area contributed by atoms with Crippen LogP contribution in [0.1, 0.15) is 30.0 Å². The predicted octanol–water partition coefficient (Wildman–Crippen LogP) is 4.12. The van der Waals surface area contributed by atoms with E-state index in [4.69, 9.17) is 10.00 Å². The third-order valence-corrected chi connectivity index (χ3v) is 4.63. The first-order valence-corrected chi connectivity index (χ1v) is 8.34. The van der Waals surface area contributed by atoms with Gasteiger partial charge in [-0.25, -0.2) is 4.98 Å². The highest BCUT2D eigenvalue weighted by molar-refractivity contribution is 7.99. The molecule has 1 aromatic heterocycles. The Kier molecular flexibility index (Phi) is 4.50. The summed E-state index contributed by atoms with van der Waals surface area (Å²) in [4.78, 5) is 4.63. The molecule has 1 saturated carbocycles. The highest BCUT2D eigenvalue weighted by atomic mass is 32.2. The molecular formula is C18H15N3OS. The van der Waals surface area contributed by atoms with Crippen LogP contribution in [0.25, 0.3) is 11.1 Å². The number of hydrogen-bond donors (Lipinski definition) is 0. The molecule has 0 unspecified atom stereocenters. The van der Waals surface area contributed by atoms with Crippen LogP contribution in [0.15, 0.2) is 35.4 Å². The van der Waals surface area contributed by atoms with Crippen molar-refractivity contribution >= 4 is 11.8 Å². The van der Waals surface area contributed by atoms with Gasteiger partial charge in [-0.2, -0.15) is 10.5 Å².